The van der Waals surface area contributed by atoms with Crippen molar-refractivity contribution in [2.75, 3.05) is 6.54 Å². The first kappa shape index (κ1) is 15.4. The van der Waals surface area contributed by atoms with Crippen LogP contribution in [0, 0.1) is 0 Å². The molecule has 2 aromatic carbocycles. The number of benzene rings is 2. The van der Waals surface area contributed by atoms with Crippen molar-refractivity contribution in [2.45, 2.75) is 25.8 Å². The largest absolute Gasteiger partial charge is 0.310 e. The molecule has 0 amide bonds. The van der Waals surface area contributed by atoms with E-state index in [1.165, 1.54) is 5.56 Å². The first-order valence-corrected chi connectivity index (χ1v) is 7.62. The first-order valence-electron chi connectivity index (χ1n) is 6.86. The van der Waals surface area contributed by atoms with Crippen LogP contribution in [0.25, 0.3) is 0 Å². The molecule has 106 valence electrons. The molecule has 0 aromatic heterocycles. The van der Waals surface area contributed by atoms with Gasteiger partial charge in [0.2, 0.25) is 0 Å². The second-order valence-electron chi connectivity index (χ2n) is 4.90. The Bertz CT molecular complexity index is 554. The van der Waals surface area contributed by atoms with E-state index in [0.29, 0.717) is 16.0 Å². The first-order chi connectivity index (χ1) is 9.63. The molecule has 0 saturated heterocycles. The maximum absolute atomic E-state index is 6.37. The van der Waals surface area contributed by atoms with Crippen molar-refractivity contribution in [3.63, 3.8) is 0 Å². The highest BCUT2D eigenvalue weighted by Gasteiger charge is 2.22. The minimum Gasteiger partial charge on any atom is -0.310 e. The van der Waals surface area contributed by atoms with Gasteiger partial charge in [-0.15, -0.1) is 0 Å². The van der Waals surface area contributed by atoms with Crippen molar-refractivity contribution in [1.29, 1.82) is 0 Å². The van der Waals surface area contributed by atoms with Gasteiger partial charge in [0, 0.05) is 22.0 Å². The lowest BCUT2D eigenvalue weighted by Crippen LogP contribution is -2.26. The van der Waals surface area contributed by atoms with E-state index in [0.717, 1.165) is 12.1 Å². The molecule has 0 aliphatic carbocycles. The molecule has 2 aromatic rings. The van der Waals surface area contributed by atoms with Crippen LogP contribution in [0.2, 0.25) is 10.0 Å². The predicted octanol–water partition coefficient (Wildman–Crippen LogP) is 5.45. The molecule has 2 rings (SSSR count). The topological polar surface area (TPSA) is 12.0 Å². The number of likely N-dealkylation sites (N-methyl/N-ethyl adjacent to an activating group) is 1. The zero-order chi connectivity index (χ0) is 14.5. The molecule has 0 heterocycles. The summed E-state index contributed by atoms with van der Waals surface area (Å²) in [6.45, 7) is 5.21. The van der Waals surface area contributed by atoms with Crippen LogP contribution in [0.5, 0.6) is 0 Å². The number of hydrogen-bond donors (Lipinski definition) is 1. The van der Waals surface area contributed by atoms with Gasteiger partial charge in [0.25, 0.3) is 0 Å². The summed E-state index contributed by atoms with van der Waals surface area (Å²) in [6.07, 6.45) is 0. The van der Waals surface area contributed by atoms with Gasteiger partial charge in [-0.1, -0.05) is 73.4 Å². The van der Waals surface area contributed by atoms with Crippen LogP contribution in [0.1, 0.15) is 36.9 Å². The fraction of sp³-hybridized carbons (Fsp3) is 0.294. The van der Waals surface area contributed by atoms with Crippen molar-refractivity contribution < 1.29 is 0 Å². The summed E-state index contributed by atoms with van der Waals surface area (Å²) in [7, 11) is 0. The summed E-state index contributed by atoms with van der Waals surface area (Å²) in [5, 5.41) is 4.91. The average Bonchev–Trinajstić information content (AvgIpc) is 2.46. The zero-order valence-electron chi connectivity index (χ0n) is 11.7. The predicted molar refractivity (Wildman–Crippen MR) is 87.7 cm³/mol. The van der Waals surface area contributed by atoms with Crippen LogP contribution >= 0.6 is 23.2 Å². The molecule has 0 saturated carbocycles. The van der Waals surface area contributed by atoms with Gasteiger partial charge in [0.1, 0.15) is 0 Å². The molecule has 0 bridgehead atoms. The van der Waals surface area contributed by atoms with Gasteiger partial charge in [0.05, 0.1) is 0 Å². The molecule has 0 spiro atoms. The molecule has 20 heavy (non-hydrogen) atoms. The average molecular weight is 308 g/mol. The van der Waals surface area contributed by atoms with E-state index in [2.05, 4.69) is 43.4 Å². The Labute approximate surface area is 130 Å². The molecular formula is C17H19Cl2N. The Balaban J connectivity index is 2.35. The molecule has 0 fully saturated rings. The minimum atomic E-state index is 0.173. The van der Waals surface area contributed by atoms with Gasteiger partial charge in [-0.2, -0.15) is 0 Å². The van der Waals surface area contributed by atoms with Gasteiger partial charge in [-0.3, -0.25) is 0 Å². The third-order valence-corrected chi connectivity index (χ3v) is 4.11. The van der Waals surface area contributed by atoms with Crippen LogP contribution in [-0.4, -0.2) is 6.54 Å². The van der Waals surface area contributed by atoms with Crippen molar-refractivity contribution in [3.05, 3.63) is 69.7 Å². The molecule has 1 N–H and O–H groups in total. The summed E-state index contributed by atoms with van der Waals surface area (Å²) in [6, 6.07) is 16.4. The molecule has 0 aliphatic rings. The second-order valence-corrected chi connectivity index (χ2v) is 5.74. The Morgan fingerprint density at radius 1 is 1.05 bits per heavy atom. The highest BCUT2D eigenvalue weighted by Crippen LogP contribution is 2.35. The molecular weight excluding hydrogens is 289 g/mol. The van der Waals surface area contributed by atoms with Gasteiger partial charge in [-0.05, 0) is 29.8 Å². The minimum absolute atomic E-state index is 0.173. The van der Waals surface area contributed by atoms with Gasteiger partial charge in [-0.25, -0.2) is 0 Å². The molecule has 3 heteroatoms. The molecule has 0 aliphatic heterocycles. The van der Waals surface area contributed by atoms with E-state index in [9.17, 15) is 0 Å². The van der Waals surface area contributed by atoms with Crippen molar-refractivity contribution in [3.8, 4) is 0 Å². The van der Waals surface area contributed by atoms with E-state index in [4.69, 9.17) is 23.2 Å². The van der Waals surface area contributed by atoms with Crippen molar-refractivity contribution >= 4 is 23.2 Å². The van der Waals surface area contributed by atoms with Gasteiger partial charge in [0.15, 0.2) is 0 Å². The fourth-order valence-corrected chi connectivity index (χ4v) is 3.00. The number of hydrogen-bond acceptors (Lipinski definition) is 1. The fourth-order valence-electron chi connectivity index (χ4n) is 2.48. The van der Waals surface area contributed by atoms with E-state index >= 15 is 0 Å². The highest BCUT2D eigenvalue weighted by atomic mass is 35.5. The number of halogens is 2. The third-order valence-electron chi connectivity index (χ3n) is 3.55. The van der Waals surface area contributed by atoms with Crippen molar-refractivity contribution in [1.82, 2.24) is 5.32 Å². The van der Waals surface area contributed by atoms with Crippen LogP contribution in [0.15, 0.2) is 48.5 Å². The highest BCUT2D eigenvalue weighted by molar-refractivity contribution is 6.35. The lowest BCUT2D eigenvalue weighted by molar-refractivity contribution is 0.479. The normalized spacial score (nSPS) is 14.0. The van der Waals surface area contributed by atoms with E-state index < -0.39 is 0 Å². The van der Waals surface area contributed by atoms with Crippen LogP contribution in [0.3, 0.4) is 0 Å². The Morgan fingerprint density at radius 3 is 2.35 bits per heavy atom. The smallest absolute Gasteiger partial charge is 0.0468 e. The molecule has 1 nitrogen and oxygen atoms in total. The van der Waals surface area contributed by atoms with Crippen LogP contribution in [0.4, 0.5) is 0 Å². The molecule has 2 unspecified atom stereocenters. The molecule has 0 radical (unpaired) electrons. The SMILES string of the molecule is CCNC(c1ccc(Cl)cc1Cl)C(C)c1ccccc1. The lowest BCUT2D eigenvalue weighted by atomic mass is 9.88. The van der Waals surface area contributed by atoms with E-state index in [-0.39, 0.29) is 6.04 Å². The summed E-state index contributed by atoms with van der Waals surface area (Å²) in [5.41, 5.74) is 2.39. The maximum Gasteiger partial charge on any atom is 0.0468 e. The number of nitrogens with one attached hydrogen (secondary N) is 1. The summed E-state index contributed by atoms with van der Waals surface area (Å²) in [4.78, 5) is 0. The third kappa shape index (κ3) is 3.54. The number of rotatable bonds is 5. The lowest BCUT2D eigenvalue weighted by Gasteiger charge is -2.26. The van der Waals surface area contributed by atoms with Crippen LogP contribution in [-0.2, 0) is 0 Å². The summed E-state index contributed by atoms with van der Waals surface area (Å²) >= 11 is 12.4. The molecule has 2 atom stereocenters. The zero-order valence-corrected chi connectivity index (χ0v) is 13.2. The van der Waals surface area contributed by atoms with E-state index in [1.807, 2.05) is 18.2 Å². The quantitative estimate of drug-likeness (QED) is 0.774. The summed E-state index contributed by atoms with van der Waals surface area (Å²) in [5.74, 6) is 0.329. The maximum atomic E-state index is 6.37. The Kier molecular flexibility index (Phi) is 5.47. The summed E-state index contributed by atoms with van der Waals surface area (Å²) < 4.78 is 0. The standard InChI is InChI=1S/C17H19Cl2N/c1-3-20-17(12(2)13-7-5-4-6-8-13)15-10-9-14(18)11-16(15)19/h4-12,17,20H,3H2,1-2H3. The van der Waals surface area contributed by atoms with Crippen LogP contribution < -0.4 is 5.32 Å². The monoisotopic (exact) mass is 307 g/mol. The second kappa shape index (κ2) is 7.12. The van der Waals surface area contributed by atoms with Gasteiger partial charge < -0.3 is 5.32 Å². The van der Waals surface area contributed by atoms with E-state index in [1.54, 1.807) is 6.07 Å². The van der Waals surface area contributed by atoms with Gasteiger partial charge >= 0.3 is 0 Å². The van der Waals surface area contributed by atoms with Crippen molar-refractivity contribution in [2.24, 2.45) is 0 Å². The Hall–Kier alpha value is -1.02. The Morgan fingerprint density at radius 2 is 1.75 bits per heavy atom.